The monoisotopic (exact) mass is 476 g/mol. The summed E-state index contributed by atoms with van der Waals surface area (Å²) in [6, 6.07) is 15.5. The number of anilines is 1. The van der Waals surface area contributed by atoms with Crippen LogP contribution in [0.3, 0.4) is 0 Å². The van der Waals surface area contributed by atoms with Gasteiger partial charge in [0.25, 0.3) is 5.91 Å². The first kappa shape index (κ1) is 24.3. The molecule has 1 unspecified atom stereocenters. The number of aryl methyl sites for hydroxylation is 1. The van der Waals surface area contributed by atoms with Crippen molar-refractivity contribution in [3.05, 3.63) is 59.7 Å². The summed E-state index contributed by atoms with van der Waals surface area (Å²) < 4.78 is 16.7. The molecule has 1 fully saturated rings. The highest BCUT2D eigenvalue weighted by atomic mass is 16.5. The van der Waals surface area contributed by atoms with Gasteiger partial charge < -0.3 is 24.0 Å². The summed E-state index contributed by atoms with van der Waals surface area (Å²) in [7, 11) is 3.22. The van der Waals surface area contributed by atoms with Gasteiger partial charge in [-0.2, -0.15) is 0 Å². The van der Waals surface area contributed by atoms with Crippen LogP contribution in [-0.4, -0.2) is 67.5 Å². The van der Waals surface area contributed by atoms with E-state index < -0.39 is 6.10 Å². The average Bonchev–Trinajstić information content (AvgIpc) is 2.90. The average molecular weight is 477 g/mol. The van der Waals surface area contributed by atoms with E-state index in [1.165, 1.54) is 0 Å². The van der Waals surface area contributed by atoms with Crippen LogP contribution >= 0.6 is 0 Å². The summed E-state index contributed by atoms with van der Waals surface area (Å²) in [5.41, 5.74) is 3.86. The van der Waals surface area contributed by atoms with Gasteiger partial charge in [0.05, 0.1) is 19.9 Å². The Balaban J connectivity index is 1.35. The maximum Gasteiger partial charge on any atom is 0.263 e. The molecule has 8 nitrogen and oxygen atoms in total. The Morgan fingerprint density at radius 2 is 1.63 bits per heavy atom. The number of carbonyl (C=O) groups is 1. The third-order valence-electron chi connectivity index (χ3n) is 6.45. The minimum atomic E-state index is -0.539. The fraction of sp³-hybridized carbons (Fsp3) is 0.370. The predicted octanol–water partition coefficient (Wildman–Crippen LogP) is 3.89. The van der Waals surface area contributed by atoms with E-state index >= 15 is 0 Å². The number of piperazine rings is 1. The fourth-order valence-electron chi connectivity index (χ4n) is 4.15. The Morgan fingerprint density at radius 3 is 2.29 bits per heavy atom. The van der Waals surface area contributed by atoms with Crippen molar-refractivity contribution < 1.29 is 19.0 Å². The van der Waals surface area contributed by atoms with Crippen molar-refractivity contribution in [2.75, 3.05) is 45.3 Å². The van der Waals surface area contributed by atoms with E-state index in [0.29, 0.717) is 37.7 Å². The van der Waals surface area contributed by atoms with Crippen LogP contribution in [0.25, 0.3) is 11.3 Å². The molecule has 1 atom stereocenters. The minimum Gasteiger partial charge on any atom is -0.493 e. The Kier molecular flexibility index (Phi) is 7.39. The smallest absolute Gasteiger partial charge is 0.263 e. The second kappa shape index (κ2) is 10.6. The predicted molar refractivity (Wildman–Crippen MR) is 135 cm³/mol. The maximum absolute atomic E-state index is 13.0. The molecule has 2 heterocycles. The number of aromatic nitrogens is 2. The quantitative estimate of drug-likeness (QED) is 0.512. The number of carbonyl (C=O) groups excluding carboxylic acids is 1. The Labute approximate surface area is 206 Å². The van der Waals surface area contributed by atoms with Gasteiger partial charge in [0.1, 0.15) is 5.75 Å². The second-order valence-electron chi connectivity index (χ2n) is 8.62. The van der Waals surface area contributed by atoms with Crippen molar-refractivity contribution in [2.24, 2.45) is 0 Å². The number of benzene rings is 2. The number of amides is 1. The number of rotatable bonds is 7. The molecule has 0 saturated carbocycles. The zero-order chi connectivity index (χ0) is 24.9. The molecular weight excluding hydrogens is 444 g/mol. The van der Waals surface area contributed by atoms with Crippen molar-refractivity contribution in [1.82, 2.24) is 15.1 Å². The highest BCUT2D eigenvalue weighted by Crippen LogP contribution is 2.31. The lowest BCUT2D eigenvalue weighted by molar-refractivity contribution is -0.138. The molecule has 0 radical (unpaired) electrons. The van der Waals surface area contributed by atoms with Crippen LogP contribution in [0.2, 0.25) is 0 Å². The molecule has 1 aliphatic heterocycles. The highest BCUT2D eigenvalue weighted by Gasteiger charge is 2.27. The number of hydrogen-bond acceptors (Lipinski definition) is 7. The lowest BCUT2D eigenvalue weighted by Gasteiger charge is -2.36. The number of nitrogens with zero attached hydrogens (tertiary/aromatic N) is 4. The highest BCUT2D eigenvalue weighted by molar-refractivity contribution is 5.81. The van der Waals surface area contributed by atoms with Crippen LogP contribution in [-0.2, 0) is 4.79 Å². The van der Waals surface area contributed by atoms with E-state index in [1.807, 2.05) is 74.2 Å². The van der Waals surface area contributed by atoms with Gasteiger partial charge in [-0.05, 0) is 68.3 Å². The molecule has 2 aromatic carbocycles. The number of methoxy groups -OCH3 is 2. The molecule has 1 saturated heterocycles. The second-order valence-corrected chi connectivity index (χ2v) is 8.62. The van der Waals surface area contributed by atoms with Crippen molar-refractivity contribution in [3.8, 4) is 28.5 Å². The molecular formula is C27H32N4O4. The van der Waals surface area contributed by atoms with Crippen LogP contribution in [0.4, 0.5) is 5.82 Å². The zero-order valence-corrected chi connectivity index (χ0v) is 20.9. The molecule has 0 spiro atoms. The Morgan fingerprint density at radius 1 is 0.886 bits per heavy atom. The first-order chi connectivity index (χ1) is 16.9. The summed E-state index contributed by atoms with van der Waals surface area (Å²) in [6.45, 7) is 8.46. The molecule has 184 valence electrons. The van der Waals surface area contributed by atoms with E-state index in [4.69, 9.17) is 14.2 Å². The third kappa shape index (κ3) is 5.31. The lowest BCUT2D eigenvalue weighted by Crippen LogP contribution is -2.52. The van der Waals surface area contributed by atoms with Gasteiger partial charge in [-0.3, -0.25) is 4.79 Å². The number of hydrogen-bond donors (Lipinski definition) is 0. The first-order valence-electron chi connectivity index (χ1n) is 11.7. The van der Waals surface area contributed by atoms with Gasteiger partial charge >= 0.3 is 0 Å². The summed E-state index contributed by atoms with van der Waals surface area (Å²) in [5, 5.41) is 8.84. The standard InChI is InChI=1S/C27H32N4O4/c1-18-7-6-8-23(19(18)2)35-20(3)27(32)31-15-13-30(14-16-31)26-12-10-22(28-29-26)21-9-11-24(33-4)25(17-21)34-5/h6-12,17,20H,13-16H2,1-5H3. The van der Waals surface area contributed by atoms with Crippen LogP contribution in [0, 0.1) is 13.8 Å². The molecule has 3 aromatic rings. The molecule has 1 aromatic heterocycles. The van der Waals surface area contributed by atoms with Crippen molar-refractivity contribution in [1.29, 1.82) is 0 Å². The van der Waals surface area contributed by atoms with Gasteiger partial charge in [-0.15, -0.1) is 10.2 Å². The van der Waals surface area contributed by atoms with Crippen LogP contribution < -0.4 is 19.1 Å². The molecule has 35 heavy (non-hydrogen) atoms. The van der Waals surface area contributed by atoms with Gasteiger partial charge in [-0.25, -0.2) is 0 Å². The number of ether oxygens (including phenoxy) is 3. The molecule has 0 aliphatic carbocycles. The Hall–Kier alpha value is -3.81. The van der Waals surface area contributed by atoms with Crippen LogP contribution in [0.15, 0.2) is 48.5 Å². The largest absolute Gasteiger partial charge is 0.493 e. The van der Waals surface area contributed by atoms with E-state index in [1.54, 1.807) is 14.2 Å². The molecule has 0 bridgehead atoms. The SMILES string of the molecule is COc1ccc(-c2ccc(N3CCN(C(=O)C(C)Oc4cccc(C)c4C)CC3)nn2)cc1OC. The third-order valence-corrected chi connectivity index (χ3v) is 6.45. The maximum atomic E-state index is 13.0. The van der Waals surface area contributed by atoms with E-state index in [-0.39, 0.29) is 5.91 Å². The van der Waals surface area contributed by atoms with E-state index in [9.17, 15) is 4.79 Å². The summed E-state index contributed by atoms with van der Waals surface area (Å²) in [4.78, 5) is 17.0. The molecule has 8 heteroatoms. The minimum absolute atomic E-state index is 0.000409. The normalized spacial score (nSPS) is 14.4. The van der Waals surface area contributed by atoms with E-state index in [2.05, 4.69) is 15.1 Å². The fourth-order valence-corrected chi connectivity index (χ4v) is 4.15. The van der Waals surface area contributed by atoms with Crippen molar-refractivity contribution in [3.63, 3.8) is 0 Å². The molecule has 1 aliphatic rings. The Bertz CT molecular complexity index is 1170. The summed E-state index contributed by atoms with van der Waals surface area (Å²) in [5.74, 6) is 2.87. The summed E-state index contributed by atoms with van der Waals surface area (Å²) >= 11 is 0. The van der Waals surface area contributed by atoms with Crippen LogP contribution in [0.1, 0.15) is 18.1 Å². The topological polar surface area (TPSA) is 77.0 Å². The van der Waals surface area contributed by atoms with Gasteiger partial charge in [0.15, 0.2) is 23.4 Å². The molecule has 4 rings (SSSR count). The van der Waals surface area contributed by atoms with Crippen molar-refractivity contribution >= 4 is 11.7 Å². The van der Waals surface area contributed by atoms with Gasteiger partial charge in [0, 0.05) is 31.7 Å². The summed E-state index contributed by atoms with van der Waals surface area (Å²) in [6.07, 6.45) is -0.539. The molecule has 0 N–H and O–H groups in total. The molecule has 1 amide bonds. The van der Waals surface area contributed by atoms with Crippen molar-refractivity contribution in [2.45, 2.75) is 26.9 Å². The van der Waals surface area contributed by atoms with Gasteiger partial charge in [0.2, 0.25) is 0 Å². The van der Waals surface area contributed by atoms with E-state index in [0.717, 1.165) is 34.0 Å². The van der Waals surface area contributed by atoms with Gasteiger partial charge in [-0.1, -0.05) is 12.1 Å². The lowest BCUT2D eigenvalue weighted by atomic mass is 10.1. The van der Waals surface area contributed by atoms with Crippen LogP contribution in [0.5, 0.6) is 17.2 Å². The first-order valence-corrected chi connectivity index (χ1v) is 11.7. The zero-order valence-electron chi connectivity index (χ0n) is 20.9.